The van der Waals surface area contributed by atoms with E-state index in [4.69, 9.17) is 5.73 Å². The Morgan fingerprint density at radius 1 is 1.43 bits per heavy atom. The second-order valence-corrected chi connectivity index (χ2v) is 3.33. The number of alkyl halides is 3. The summed E-state index contributed by atoms with van der Waals surface area (Å²) in [5, 5.41) is 0. The van der Waals surface area contributed by atoms with Gasteiger partial charge < -0.3 is 10.6 Å². The predicted molar refractivity (Wildman–Crippen MR) is 48.2 cm³/mol. The first-order chi connectivity index (χ1) is 6.40. The zero-order valence-electron chi connectivity index (χ0n) is 7.83. The molecule has 2 N–H and O–H groups in total. The van der Waals surface area contributed by atoms with Gasteiger partial charge in [-0.2, -0.15) is 13.2 Å². The van der Waals surface area contributed by atoms with Crippen molar-refractivity contribution in [1.82, 2.24) is 4.90 Å². The fraction of sp³-hybridized carbons (Fsp3) is 0.556. The zero-order chi connectivity index (χ0) is 10.8. The summed E-state index contributed by atoms with van der Waals surface area (Å²) in [6.45, 7) is 1.51. The van der Waals surface area contributed by atoms with Gasteiger partial charge in [-0.05, 0) is 19.1 Å². The van der Waals surface area contributed by atoms with Crippen molar-refractivity contribution in [3.63, 3.8) is 0 Å². The standard InChI is InChI=1S/C9H13F3N2/c1-7(6-9(10,11)12)14-5-3-2-4-8(14)13/h2-5,7-8H,6,13H2,1H3. The van der Waals surface area contributed by atoms with Crippen LogP contribution in [0.2, 0.25) is 0 Å². The lowest BCUT2D eigenvalue weighted by Gasteiger charge is -2.33. The molecule has 5 heteroatoms. The van der Waals surface area contributed by atoms with E-state index in [1.165, 1.54) is 11.8 Å². The highest BCUT2D eigenvalue weighted by Gasteiger charge is 2.32. The molecular formula is C9H13F3N2. The monoisotopic (exact) mass is 206 g/mol. The SMILES string of the molecule is CC(CC(F)(F)F)N1C=CC=CC1N. The third-order valence-corrected chi connectivity index (χ3v) is 2.06. The van der Waals surface area contributed by atoms with E-state index in [1.54, 1.807) is 24.4 Å². The second-order valence-electron chi connectivity index (χ2n) is 3.33. The Labute approximate surface area is 80.9 Å². The molecule has 0 amide bonds. The molecule has 2 nitrogen and oxygen atoms in total. The summed E-state index contributed by atoms with van der Waals surface area (Å²) in [7, 11) is 0. The highest BCUT2D eigenvalue weighted by Crippen LogP contribution is 2.25. The van der Waals surface area contributed by atoms with Gasteiger partial charge >= 0.3 is 6.18 Å². The third kappa shape index (κ3) is 3.06. The topological polar surface area (TPSA) is 29.3 Å². The summed E-state index contributed by atoms with van der Waals surface area (Å²) in [5.74, 6) is 0. The highest BCUT2D eigenvalue weighted by molar-refractivity contribution is 5.12. The van der Waals surface area contributed by atoms with Gasteiger partial charge in [-0.1, -0.05) is 6.08 Å². The summed E-state index contributed by atoms with van der Waals surface area (Å²) in [6.07, 6.45) is 1.19. The fourth-order valence-corrected chi connectivity index (χ4v) is 1.41. The van der Waals surface area contributed by atoms with E-state index in [2.05, 4.69) is 0 Å². The number of hydrogen-bond donors (Lipinski definition) is 1. The molecule has 0 aromatic heterocycles. The predicted octanol–water partition coefficient (Wildman–Crippen LogP) is 2.00. The molecule has 80 valence electrons. The maximum atomic E-state index is 12.1. The Morgan fingerprint density at radius 2 is 2.07 bits per heavy atom. The van der Waals surface area contributed by atoms with Crippen molar-refractivity contribution in [3.8, 4) is 0 Å². The van der Waals surface area contributed by atoms with Gasteiger partial charge in [0.2, 0.25) is 0 Å². The highest BCUT2D eigenvalue weighted by atomic mass is 19.4. The first-order valence-electron chi connectivity index (χ1n) is 4.35. The molecule has 2 atom stereocenters. The van der Waals surface area contributed by atoms with E-state index in [-0.39, 0.29) is 0 Å². The fourth-order valence-electron chi connectivity index (χ4n) is 1.41. The molecule has 2 unspecified atom stereocenters. The molecule has 0 saturated carbocycles. The van der Waals surface area contributed by atoms with Gasteiger partial charge in [-0.3, -0.25) is 0 Å². The molecule has 0 aliphatic carbocycles. The van der Waals surface area contributed by atoms with Crippen molar-refractivity contribution < 1.29 is 13.2 Å². The molecule has 0 bridgehead atoms. The van der Waals surface area contributed by atoms with Crippen molar-refractivity contribution in [2.75, 3.05) is 0 Å². The van der Waals surface area contributed by atoms with Crippen LogP contribution in [0.5, 0.6) is 0 Å². The lowest BCUT2D eigenvalue weighted by Crippen LogP contribution is -2.44. The van der Waals surface area contributed by atoms with E-state index in [0.717, 1.165) is 0 Å². The van der Waals surface area contributed by atoms with E-state index in [1.807, 2.05) is 0 Å². The van der Waals surface area contributed by atoms with Gasteiger partial charge in [0, 0.05) is 12.2 Å². The van der Waals surface area contributed by atoms with Crippen LogP contribution in [-0.4, -0.2) is 23.3 Å². The summed E-state index contributed by atoms with van der Waals surface area (Å²) < 4.78 is 36.2. The van der Waals surface area contributed by atoms with Crippen molar-refractivity contribution in [3.05, 3.63) is 24.4 Å². The van der Waals surface area contributed by atoms with Crippen LogP contribution in [0.25, 0.3) is 0 Å². The Balaban J connectivity index is 2.56. The normalized spacial score (nSPS) is 24.1. The first kappa shape index (κ1) is 11.1. The van der Waals surface area contributed by atoms with Crippen molar-refractivity contribution >= 4 is 0 Å². The van der Waals surface area contributed by atoms with Crippen LogP contribution in [0.15, 0.2) is 24.4 Å². The number of halogens is 3. The second kappa shape index (κ2) is 4.04. The number of allylic oxidation sites excluding steroid dienone is 2. The quantitative estimate of drug-likeness (QED) is 0.748. The number of hydrogen-bond acceptors (Lipinski definition) is 2. The van der Waals surface area contributed by atoms with Gasteiger partial charge in [-0.25, -0.2) is 0 Å². The Bertz CT molecular complexity index is 245. The van der Waals surface area contributed by atoms with Gasteiger partial charge in [0.25, 0.3) is 0 Å². The van der Waals surface area contributed by atoms with E-state index >= 15 is 0 Å². The number of rotatable bonds is 2. The van der Waals surface area contributed by atoms with E-state index < -0.39 is 24.8 Å². The minimum atomic E-state index is -4.14. The Kier molecular flexibility index (Phi) is 3.21. The van der Waals surface area contributed by atoms with Gasteiger partial charge in [-0.15, -0.1) is 0 Å². The first-order valence-corrected chi connectivity index (χ1v) is 4.35. The van der Waals surface area contributed by atoms with Crippen molar-refractivity contribution in [2.24, 2.45) is 5.73 Å². The van der Waals surface area contributed by atoms with Crippen LogP contribution in [0.1, 0.15) is 13.3 Å². The largest absolute Gasteiger partial charge is 0.391 e. The maximum absolute atomic E-state index is 12.1. The van der Waals surface area contributed by atoms with E-state index in [0.29, 0.717) is 0 Å². The molecule has 0 aromatic carbocycles. The number of nitrogens with two attached hydrogens (primary N) is 1. The zero-order valence-corrected chi connectivity index (χ0v) is 7.83. The Morgan fingerprint density at radius 3 is 2.57 bits per heavy atom. The van der Waals surface area contributed by atoms with Crippen LogP contribution in [0, 0.1) is 0 Å². The smallest absolute Gasteiger partial charge is 0.356 e. The summed E-state index contributed by atoms with van der Waals surface area (Å²) in [6, 6.07) is -0.633. The van der Waals surface area contributed by atoms with Crippen molar-refractivity contribution in [1.29, 1.82) is 0 Å². The van der Waals surface area contributed by atoms with Crippen LogP contribution in [0.4, 0.5) is 13.2 Å². The lowest BCUT2D eigenvalue weighted by molar-refractivity contribution is -0.144. The van der Waals surface area contributed by atoms with Crippen molar-refractivity contribution in [2.45, 2.75) is 31.7 Å². The molecule has 1 rings (SSSR count). The average molecular weight is 206 g/mol. The molecule has 0 spiro atoms. The molecule has 1 aliphatic rings. The molecule has 14 heavy (non-hydrogen) atoms. The molecular weight excluding hydrogens is 193 g/mol. The lowest BCUT2D eigenvalue weighted by atomic mass is 10.1. The molecule has 1 aliphatic heterocycles. The summed E-state index contributed by atoms with van der Waals surface area (Å²) in [4.78, 5) is 1.49. The molecule has 0 aromatic rings. The van der Waals surface area contributed by atoms with Crippen LogP contribution in [0.3, 0.4) is 0 Å². The van der Waals surface area contributed by atoms with Crippen LogP contribution in [-0.2, 0) is 0 Å². The maximum Gasteiger partial charge on any atom is 0.391 e. The summed E-state index contributed by atoms with van der Waals surface area (Å²) in [5.41, 5.74) is 5.62. The molecule has 0 fully saturated rings. The minimum Gasteiger partial charge on any atom is -0.356 e. The third-order valence-electron chi connectivity index (χ3n) is 2.06. The molecule has 0 radical (unpaired) electrons. The van der Waals surface area contributed by atoms with Crippen LogP contribution >= 0.6 is 0 Å². The van der Waals surface area contributed by atoms with Gasteiger partial charge in [0.05, 0.1) is 12.6 Å². The molecule has 1 heterocycles. The van der Waals surface area contributed by atoms with Gasteiger partial charge in [0.1, 0.15) is 0 Å². The van der Waals surface area contributed by atoms with Crippen LogP contribution < -0.4 is 5.73 Å². The van der Waals surface area contributed by atoms with Gasteiger partial charge in [0.15, 0.2) is 0 Å². The van der Waals surface area contributed by atoms with E-state index in [9.17, 15) is 13.2 Å². The minimum absolute atomic E-state index is 0.461. The Hall–Kier alpha value is -0.970. The average Bonchev–Trinajstić information content (AvgIpc) is 2.01. The molecule has 0 saturated heterocycles. The summed E-state index contributed by atoms with van der Waals surface area (Å²) >= 11 is 0. The number of nitrogens with zero attached hydrogens (tertiary/aromatic N) is 1.